The number of methoxy groups -OCH3 is 1. The monoisotopic (exact) mass is 281 g/mol. The second-order valence-corrected chi connectivity index (χ2v) is 4.64. The van der Waals surface area contributed by atoms with Crippen molar-refractivity contribution in [2.24, 2.45) is 0 Å². The molecule has 102 valence electrons. The Morgan fingerprint density at radius 1 is 1.42 bits per heavy atom. The third-order valence-electron chi connectivity index (χ3n) is 2.85. The Kier molecular flexibility index (Phi) is 4.52. The number of aliphatic hydroxyl groups is 1. The van der Waals surface area contributed by atoms with Crippen molar-refractivity contribution in [2.75, 3.05) is 13.7 Å². The van der Waals surface area contributed by atoms with Gasteiger partial charge in [-0.2, -0.15) is 5.10 Å². The van der Waals surface area contributed by atoms with E-state index in [-0.39, 0.29) is 0 Å². The van der Waals surface area contributed by atoms with Crippen molar-refractivity contribution in [3.05, 3.63) is 46.5 Å². The van der Waals surface area contributed by atoms with Crippen LogP contribution in [0, 0.1) is 6.92 Å². The minimum absolute atomic E-state index is 0.434. The van der Waals surface area contributed by atoms with Crippen LogP contribution in [0.15, 0.2) is 24.5 Å². The smallest absolute Gasteiger partial charge is 0.124 e. The molecule has 0 radical (unpaired) electrons. The molecule has 0 amide bonds. The molecule has 2 aromatic heterocycles. The topological polar surface area (TPSA) is 60.2 Å². The second-order valence-electron chi connectivity index (χ2n) is 4.23. The average Bonchev–Trinajstić information content (AvgIpc) is 2.77. The Bertz CT molecular complexity index is 539. The molecule has 5 nitrogen and oxygen atoms in total. The van der Waals surface area contributed by atoms with E-state index in [9.17, 15) is 5.11 Å². The number of hydrogen-bond acceptors (Lipinski definition) is 4. The number of halogens is 1. The molecule has 0 aliphatic heterocycles. The molecule has 0 fully saturated rings. The van der Waals surface area contributed by atoms with Crippen LogP contribution in [0.2, 0.25) is 5.02 Å². The van der Waals surface area contributed by atoms with Crippen molar-refractivity contribution < 1.29 is 9.84 Å². The Morgan fingerprint density at radius 3 is 2.84 bits per heavy atom. The van der Waals surface area contributed by atoms with E-state index in [0.29, 0.717) is 29.4 Å². The average molecular weight is 282 g/mol. The minimum atomic E-state index is -0.847. The van der Waals surface area contributed by atoms with Crippen molar-refractivity contribution in [1.82, 2.24) is 14.8 Å². The van der Waals surface area contributed by atoms with Crippen molar-refractivity contribution >= 4 is 11.6 Å². The number of pyridine rings is 1. The molecule has 2 aromatic rings. The lowest BCUT2D eigenvalue weighted by Gasteiger charge is -2.14. The minimum Gasteiger partial charge on any atom is -0.383 e. The molecule has 0 aliphatic carbocycles. The van der Waals surface area contributed by atoms with Crippen molar-refractivity contribution in [2.45, 2.75) is 19.6 Å². The zero-order valence-corrected chi connectivity index (χ0v) is 11.6. The fraction of sp³-hybridized carbons (Fsp3) is 0.385. The fourth-order valence-electron chi connectivity index (χ4n) is 1.80. The van der Waals surface area contributed by atoms with E-state index >= 15 is 0 Å². The van der Waals surface area contributed by atoms with Crippen LogP contribution in [0.3, 0.4) is 0 Å². The van der Waals surface area contributed by atoms with Crippen LogP contribution < -0.4 is 0 Å². The summed E-state index contributed by atoms with van der Waals surface area (Å²) in [6, 6.07) is 3.68. The van der Waals surface area contributed by atoms with Crippen LogP contribution >= 0.6 is 11.6 Å². The standard InChI is InChI=1S/C13H16ClN3O2/c1-9-3-4-10(7-15-9)13(18)12-11(14)8-16-17(12)5-6-19-2/h3-4,7-8,13,18H,5-6H2,1-2H3. The molecule has 0 bridgehead atoms. The summed E-state index contributed by atoms with van der Waals surface area (Å²) in [6.45, 7) is 2.94. The molecule has 2 heterocycles. The molecule has 1 unspecified atom stereocenters. The van der Waals surface area contributed by atoms with Gasteiger partial charge in [-0.25, -0.2) is 0 Å². The summed E-state index contributed by atoms with van der Waals surface area (Å²) in [5, 5.41) is 15.0. The number of ether oxygens (including phenoxy) is 1. The second kappa shape index (κ2) is 6.14. The summed E-state index contributed by atoms with van der Waals surface area (Å²) in [6.07, 6.45) is 2.32. The highest BCUT2D eigenvalue weighted by molar-refractivity contribution is 6.31. The van der Waals surface area contributed by atoms with Crippen molar-refractivity contribution in [3.8, 4) is 0 Å². The summed E-state index contributed by atoms with van der Waals surface area (Å²) in [5.41, 5.74) is 2.14. The summed E-state index contributed by atoms with van der Waals surface area (Å²) in [4.78, 5) is 4.17. The summed E-state index contributed by atoms with van der Waals surface area (Å²) < 4.78 is 6.66. The molecule has 0 saturated carbocycles. The van der Waals surface area contributed by atoms with Crippen molar-refractivity contribution in [1.29, 1.82) is 0 Å². The van der Waals surface area contributed by atoms with E-state index in [1.54, 1.807) is 18.0 Å². The number of rotatable bonds is 5. The maximum Gasteiger partial charge on any atom is 0.124 e. The number of aromatic nitrogens is 3. The zero-order chi connectivity index (χ0) is 13.8. The van der Waals surface area contributed by atoms with Gasteiger partial charge in [0, 0.05) is 24.6 Å². The highest BCUT2D eigenvalue weighted by Crippen LogP contribution is 2.27. The van der Waals surface area contributed by atoms with Gasteiger partial charge < -0.3 is 9.84 Å². The predicted octanol–water partition coefficient (Wildman–Crippen LogP) is 1.97. The molecule has 0 aliphatic rings. The molecule has 0 spiro atoms. The van der Waals surface area contributed by atoms with E-state index in [0.717, 1.165) is 5.69 Å². The molecule has 0 saturated heterocycles. The van der Waals surface area contributed by atoms with Crippen LogP contribution in [0.1, 0.15) is 23.1 Å². The highest BCUT2D eigenvalue weighted by Gasteiger charge is 2.20. The van der Waals surface area contributed by atoms with Gasteiger partial charge in [0.15, 0.2) is 0 Å². The fourth-order valence-corrected chi connectivity index (χ4v) is 2.04. The Labute approximate surface area is 116 Å². The van der Waals surface area contributed by atoms with Gasteiger partial charge in [-0.3, -0.25) is 9.67 Å². The lowest BCUT2D eigenvalue weighted by atomic mass is 10.1. The number of aliphatic hydroxyl groups excluding tert-OH is 1. The van der Waals surface area contributed by atoms with Gasteiger partial charge in [-0.1, -0.05) is 17.7 Å². The largest absolute Gasteiger partial charge is 0.383 e. The van der Waals surface area contributed by atoms with Crippen molar-refractivity contribution in [3.63, 3.8) is 0 Å². The third-order valence-corrected chi connectivity index (χ3v) is 3.14. The molecule has 2 rings (SSSR count). The quantitative estimate of drug-likeness (QED) is 0.910. The lowest BCUT2D eigenvalue weighted by molar-refractivity contribution is 0.171. The van der Waals surface area contributed by atoms with Gasteiger partial charge >= 0.3 is 0 Å². The molecular formula is C13H16ClN3O2. The lowest BCUT2D eigenvalue weighted by Crippen LogP contribution is -2.13. The maximum atomic E-state index is 10.4. The van der Waals surface area contributed by atoms with Gasteiger partial charge in [0.25, 0.3) is 0 Å². The van der Waals surface area contributed by atoms with Crippen LogP contribution in [-0.4, -0.2) is 33.6 Å². The predicted molar refractivity (Wildman–Crippen MR) is 72.1 cm³/mol. The summed E-state index contributed by atoms with van der Waals surface area (Å²) in [5.74, 6) is 0. The van der Waals surface area contributed by atoms with Gasteiger partial charge in [0.05, 0.1) is 30.1 Å². The van der Waals surface area contributed by atoms with Crippen LogP contribution in [0.4, 0.5) is 0 Å². The van der Waals surface area contributed by atoms with Crippen LogP contribution in [0.5, 0.6) is 0 Å². The SMILES string of the molecule is COCCn1ncc(Cl)c1C(O)c1ccc(C)nc1. The normalized spacial score (nSPS) is 12.6. The maximum absolute atomic E-state index is 10.4. The Hall–Kier alpha value is -1.43. The summed E-state index contributed by atoms with van der Waals surface area (Å²) in [7, 11) is 1.62. The highest BCUT2D eigenvalue weighted by atomic mass is 35.5. The van der Waals surface area contributed by atoms with E-state index in [1.807, 2.05) is 19.1 Å². The molecule has 1 N–H and O–H groups in total. The number of aryl methyl sites for hydroxylation is 1. The molecule has 19 heavy (non-hydrogen) atoms. The van der Waals surface area contributed by atoms with E-state index in [1.165, 1.54) is 6.20 Å². The molecule has 1 atom stereocenters. The zero-order valence-electron chi connectivity index (χ0n) is 10.9. The van der Waals surface area contributed by atoms with Gasteiger partial charge in [-0.05, 0) is 13.0 Å². The van der Waals surface area contributed by atoms with Gasteiger partial charge in [0.2, 0.25) is 0 Å². The van der Waals surface area contributed by atoms with E-state index in [2.05, 4.69) is 10.1 Å². The first-order valence-electron chi connectivity index (χ1n) is 5.94. The Balaban J connectivity index is 2.29. The first-order chi connectivity index (χ1) is 9.13. The van der Waals surface area contributed by atoms with E-state index < -0.39 is 6.10 Å². The summed E-state index contributed by atoms with van der Waals surface area (Å²) >= 11 is 6.10. The first kappa shape index (κ1) is 14.0. The van der Waals surface area contributed by atoms with Crippen LogP contribution in [0.25, 0.3) is 0 Å². The number of hydrogen-bond donors (Lipinski definition) is 1. The van der Waals surface area contributed by atoms with Gasteiger partial charge in [0.1, 0.15) is 6.10 Å². The van der Waals surface area contributed by atoms with Gasteiger partial charge in [-0.15, -0.1) is 0 Å². The third kappa shape index (κ3) is 3.12. The first-order valence-corrected chi connectivity index (χ1v) is 6.32. The number of nitrogens with zero attached hydrogens (tertiary/aromatic N) is 3. The molecule has 6 heteroatoms. The Morgan fingerprint density at radius 2 is 2.21 bits per heavy atom. The molecule has 0 aromatic carbocycles. The van der Waals surface area contributed by atoms with Crippen LogP contribution in [-0.2, 0) is 11.3 Å². The molecular weight excluding hydrogens is 266 g/mol. The van der Waals surface area contributed by atoms with E-state index in [4.69, 9.17) is 16.3 Å².